The van der Waals surface area contributed by atoms with Crippen LogP contribution < -0.4 is 0 Å². The molecule has 0 aliphatic heterocycles. The van der Waals surface area contributed by atoms with Gasteiger partial charge in [-0.3, -0.25) is 0 Å². The van der Waals surface area contributed by atoms with Crippen molar-refractivity contribution in [2.45, 2.75) is 26.4 Å². The number of aliphatic hydroxyl groups is 1. The molecule has 15 heavy (non-hydrogen) atoms. The van der Waals surface area contributed by atoms with E-state index in [1.54, 1.807) is 13.0 Å². The zero-order valence-electron chi connectivity index (χ0n) is 9.13. The molecule has 0 heterocycles. The van der Waals surface area contributed by atoms with Crippen LogP contribution in [0.15, 0.2) is 18.2 Å². The molecule has 0 fully saturated rings. The number of benzene rings is 1. The summed E-state index contributed by atoms with van der Waals surface area (Å²) >= 11 is 0. The molecule has 0 saturated carbocycles. The SMILES string of the molecule is Cc1cc(C)cc(C(C)(O)C#CC#N)c1. The highest BCUT2D eigenvalue weighted by molar-refractivity contribution is 5.38. The van der Waals surface area contributed by atoms with E-state index in [4.69, 9.17) is 5.26 Å². The maximum atomic E-state index is 10.0. The monoisotopic (exact) mass is 199 g/mol. The van der Waals surface area contributed by atoms with Gasteiger partial charge in [-0.15, -0.1) is 0 Å². The molecule has 0 radical (unpaired) electrons. The van der Waals surface area contributed by atoms with Crippen molar-refractivity contribution in [3.63, 3.8) is 0 Å². The zero-order valence-corrected chi connectivity index (χ0v) is 9.13. The Hall–Kier alpha value is -1.77. The summed E-state index contributed by atoms with van der Waals surface area (Å²) in [6.45, 7) is 5.51. The predicted molar refractivity (Wildman–Crippen MR) is 58.9 cm³/mol. The molecule has 1 rings (SSSR count). The minimum absolute atomic E-state index is 0.725. The van der Waals surface area contributed by atoms with Crippen molar-refractivity contribution in [2.24, 2.45) is 0 Å². The second-order valence-electron chi connectivity index (χ2n) is 3.81. The summed E-state index contributed by atoms with van der Waals surface area (Å²) < 4.78 is 0. The lowest BCUT2D eigenvalue weighted by molar-refractivity contribution is 0.122. The Morgan fingerprint density at radius 3 is 2.20 bits per heavy atom. The van der Waals surface area contributed by atoms with Crippen LogP contribution in [-0.2, 0) is 5.60 Å². The van der Waals surface area contributed by atoms with Crippen LogP contribution in [0.4, 0.5) is 0 Å². The van der Waals surface area contributed by atoms with Crippen LogP contribution in [0.1, 0.15) is 23.6 Å². The molecule has 0 bridgehead atoms. The Morgan fingerprint density at radius 1 is 1.20 bits per heavy atom. The zero-order chi connectivity index (χ0) is 11.5. The lowest BCUT2D eigenvalue weighted by Gasteiger charge is -2.17. The largest absolute Gasteiger partial charge is 0.374 e. The van der Waals surface area contributed by atoms with Crippen molar-refractivity contribution in [3.8, 4) is 17.9 Å². The van der Waals surface area contributed by atoms with Crippen molar-refractivity contribution in [1.29, 1.82) is 5.26 Å². The molecule has 76 valence electrons. The fourth-order valence-corrected chi connectivity index (χ4v) is 1.48. The van der Waals surface area contributed by atoms with Gasteiger partial charge < -0.3 is 5.11 Å². The van der Waals surface area contributed by atoms with Crippen molar-refractivity contribution >= 4 is 0 Å². The van der Waals surface area contributed by atoms with Gasteiger partial charge in [-0.1, -0.05) is 29.3 Å². The Bertz CT molecular complexity index is 449. The molecule has 0 spiro atoms. The summed E-state index contributed by atoms with van der Waals surface area (Å²) in [5.74, 6) is 4.76. The summed E-state index contributed by atoms with van der Waals surface area (Å²) in [7, 11) is 0. The summed E-state index contributed by atoms with van der Waals surface area (Å²) in [5.41, 5.74) is 1.61. The molecule has 0 aromatic heterocycles. The molecule has 2 heteroatoms. The van der Waals surface area contributed by atoms with Crippen molar-refractivity contribution in [3.05, 3.63) is 34.9 Å². The number of nitrogens with zero attached hydrogens (tertiary/aromatic N) is 1. The molecule has 1 unspecified atom stereocenters. The first kappa shape index (κ1) is 11.3. The standard InChI is InChI=1S/C13H13NO/c1-10-7-11(2)9-12(8-10)13(3,15)5-4-6-14/h7-9,15H,1-3H3. The molecule has 1 aromatic carbocycles. The summed E-state index contributed by atoms with van der Waals surface area (Å²) in [5, 5.41) is 18.4. The van der Waals surface area contributed by atoms with Gasteiger partial charge in [-0.2, -0.15) is 5.26 Å². The van der Waals surface area contributed by atoms with E-state index in [-0.39, 0.29) is 0 Å². The Balaban J connectivity index is 3.21. The van der Waals surface area contributed by atoms with Crippen molar-refractivity contribution in [2.75, 3.05) is 0 Å². The molecule has 0 saturated heterocycles. The third-order valence-corrected chi connectivity index (χ3v) is 2.15. The molecule has 1 atom stereocenters. The number of hydrogen-bond acceptors (Lipinski definition) is 2. The summed E-state index contributed by atoms with van der Waals surface area (Å²) in [6.07, 6.45) is 0. The molecule has 0 aliphatic carbocycles. The Kier molecular flexibility index (Phi) is 3.14. The van der Waals surface area contributed by atoms with Gasteiger partial charge in [0.25, 0.3) is 0 Å². The van der Waals surface area contributed by atoms with Crippen LogP contribution in [0.25, 0.3) is 0 Å². The number of nitriles is 1. The van der Waals surface area contributed by atoms with E-state index in [1.807, 2.05) is 32.0 Å². The third-order valence-electron chi connectivity index (χ3n) is 2.15. The third kappa shape index (κ3) is 2.84. The van der Waals surface area contributed by atoms with Crippen LogP contribution >= 0.6 is 0 Å². The molecule has 2 nitrogen and oxygen atoms in total. The average molecular weight is 199 g/mol. The average Bonchev–Trinajstić information content (AvgIpc) is 2.13. The first-order valence-electron chi connectivity index (χ1n) is 4.68. The van der Waals surface area contributed by atoms with Crippen molar-refractivity contribution in [1.82, 2.24) is 0 Å². The number of hydrogen-bond donors (Lipinski definition) is 1. The first-order chi connectivity index (χ1) is 6.95. The molecular formula is C13H13NO. The van der Waals surface area contributed by atoms with Gasteiger partial charge in [0, 0.05) is 5.92 Å². The minimum Gasteiger partial charge on any atom is -0.374 e. The second-order valence-corrected chi connectivity index (χ2v) is 3.81. The van der Waals surface area contributed by atoms with Gasteiger partial charge in [0.2, 0.25) is 0 Å². The van der Waals surface area contributed by atoms with E-state index in [2.05, 4.69) is 11.8 Å². The first-order valence-corrected chi connectivity index (χ1v) is 4.68. The van der Waals surface area contributed by atoms with Crippen LogP contribution in [0, 0.1) is 37.0 Å². The van der Waals surface area contributed by atoms with Crippen LogP contribution in [-0.4, -0.2) is 5.11 Å². The predicted octanol–water partition coefficient (Wildman–Crippen LogP) is 2.04. The number of aryl methyl sites for hydroxylation is 2. The van der Waals surface area contributed by atoms with E-state index < -0.39 is 5.60 Å². The Morgan fingerprint density at radius 2 is 1.73 bits per heavy atom. The molecule has 0 aliphatic rings. The van der Waals surface area contributed by atoms with Crippen LogP contribution in [0.3, 0.4) is 0 Å². The van der Waals surface area contributed by atoms with Gasteiger partial charge in [-0.25, -0.2) is 0 Å². The van der Waals surface area contributed by atoms with Gasteiger partial charge in [0.1, 0.15) is 5.60 Å². The second kappa shape index (κ2) is 4.17. The van der Waals surface area contributed by atoms with E-state index in [0.717, 1.165) is 16.7 Å². The quantitative estimate of drug-likeness (QED) is 0.703. The fourth-order valence-electron chi connectivity index (χ4n) is 1.48. The lowest BCUT2D eigenvalue weighted by atomic mass is 9.93. The minimum atomic E-state index is -1.26. The smallest absolute Gasteiger partial charge is 0.152 e. The molecule has 1 N–H and O–H groups in total. The molecule has 0 amide bonds. The van der Waals surface area contributed by atoms with Crippen LogP contribution in [0.5, 0.6) is 0 Å². The maximum Gasteiger partial charge on any atom is 0.152 e. The normalized spacial score (nSPS) is 13.3. The van der Waals surface area contributed by atoms with E-state index in [1.165, 1.54) is 0 Å². The topological polar surface area (TPSA) is 44.0 Å². The van der Waals surface area contributed by atoms with Gasteiger partial charge >= 0.3 is 0 Å². The molecular weight excluding hydrogens is 186 g/mol. The van der Waals surface area contributed by atoms with Crippen LogP contribution in [0.2, 0.25) is 0 Å². The Labute approximate surface area is 90.2 Å². The highest BCUT2D eigenvalue weighted by atomic mass is 16.3. The van der Waals surface area contributed by atoms with E-state index in [0.29, 0.717) is 0 Å². The fraction of sp³-hybridized carbons (Fsp3) is 0.308. The highest BCUT2D eigenvalue weighted by Gasteiger charge is 2.20. The van der Waals surface area contributed by atoms with E-state index >= 15 is 0 Å². The maximum absolute atomic E-state index is 10.0. The summed E-state index contributed by atoms with van der Waals surface area (Å²) in [6, 6.07) is 7.47. The van der Waals surface area contributed by atoms with E-state index in [9.17, 15) is 5.11 Å². The van der Waals surface area contributed by atoms with Gasteiger partial charge in [0.05, 0.1) is 0 Å². The summed E-state index contributed by atoms with van der Waals surface area (Å²) in [4.78, 5) is 0. The molecule has 1 aromatic rings. The lowest BCUT2D eigenvalue weighted by Crippen LogP contribution is -2.18. The van der Waals surface area contributed by atoms with Crippen molar-refractivity contribution < 1.29 is 5.11 Å². The van der Waals surface area contributed by atoms with Gasteiger partial charge in [0.15, 0.2) is 6.07 Å². The van der Waals surface area contributed by atoms with Gasteiger partial charge in [-0.05, 0) is 32.3 Å². The highest BCUT2D eigenvalue weighted by Crippen LogP contribution is 2.22. The number of rotatable bonds is 1.